The van der Waals surface area contributed by atoms with Crippen molar-refractivity contribution in [3.8, 4) is 0 Å². The number of aromatic nitrogens is 4. The number of hydrogen-bond acceptors (Lipinski definition) is 6. The lowest BCUT2D eigenvalue weighted by Crippen LogP contribution is -2.30. The van der Waals surface area contributed by atoms with E-state index in [4.69, 9.17) is 5.11 Å². The molecule has 0 aliphatic carbocycles. The van der Waals surface area contributed by atoms with Crippen LogP contribution >= 0.6 is 11.8 Å². The predicted molar refractivity (Wildman–Crippen MR) is 68.7 cm³/mol. The van der Waals surface area contributed by atoms with Gasteiger partial charge in [0.15, 0.2) is 0 Å². The Hall–Kier alpha value is -1.15. The summed E-state index contributed by atoms with van der Waals surface area (Å²) in [5.41, 5.74) is 0. The Morgan fingerprint density at radius 1 is 1.50 bits per heavy atom. The maximum absolute atomic E-state index is 10.5. The number of aliphatic carboxylic acids is 1. The van der Waals surface area contributed by atoms with Gasteiger partial charge in [0.1, 0.15) is 0 Å². The first-order valence-corrected chi connectivity index (χ1v) is 6.91. The highest BCUT2D eigenvalue weighted by Gasteiger charge is 2.16. The number of rotatable bonds is 8. The van der Waals surface area contributed by atoms with Crippen molar-refractivity contribution in [1.82, 2.24) is 25.1 Å². The fourth-order valence-electron chi connectivity index (χ4n) is 1.62. The molecular weight excluding hydrogens is 254 g/mol. The van der Waals surface area contributed by atoms with E-state index in [-0.39, 0.29) is 11.8 Å². The molecule has 0 aliphatic heterocycles. The highest BCUT2D eigenvalue weighted by Crippen LogP contribution is 2.18. The number of likely N-dealkylation sites (N-methyl/N-ethyl adjacent to an activating group) is 1. The van der Waals surface area contributed by atoms with Crippen molar-refractivity contribution in [1.29, 1.82) is 0 Å². The molecule has 0 saturated carbocycles. The lowest BCUT2D eigenvalue weighted by Gasteiger charge is -2.22. The van der Waals surface area contributed by atoms with E-state index in [0.29, 0.717) is 5.16 Å². The van der Waals surface area contributed by atoms with Crippen LogP contribution in [0.3, 0.4) is 0 Å². The van der Waals surface area contributed by atoms with Crippen molar-refractivity contribution < 1.29 is 9.90 Å². The van der Waals surface area contributed by atoms with Crippen molar-refractivity contribution in [3.05, 3.63) is 0 Å². The van der Waals surface area contributed by atoms with Crippen LogP contribution in [0, 0.1) is 0 Å². The zero-order valence-corrected chi connectivity index (χ0v) is 11.7. The second-order valence-corrected chi connectivity index (χ2v) is 4.87. The number of tetrazole rings is 1. The average Bonchev–Trinajstić information content (AvgIpc) is 2.81. The molecule has 1 heterocycles. The first-order chi connectivity index (χ1) is 8.58. The maximum Gasteiger partial charge on any atom is 0.313 e. The molecule has 0 aromatic carbocycles. The highest BCUT2D eigenvalue weighted by atomic mass is 32.2. The van der Waals surface area contributed by atoms with Gasteiger partial charge < -0.3 is 10.0 Å². The Bertz CT molecular complexity index is 380. The van der Waals surface area contributed by atoms with Gasteiger partial charge in [-0.15, -0.1) is 5.10 Å². The average molecular weight is 273 g/mol. The minimum atomic E-state index is -0.869. The fourth-order valence-corrected chi connectivity index (χ4v) is 2.31. The smallest absolute Gasteiger partial charge is 0.313 e. The number of hydrogen-bond donors (Lipinski definition) is 1. The van der Waals surface area contributed by atoms with Gasteiger partial charge in [-0.25, -0.2) is 4.68 Å². The van der Waals surface area contributed by atoms with E-state index in [0.717, 1.165) is 31.4 Å². The van der Waals surface area contributed by atoms with Gasteiger partial charge >= 0.3 is 5.97 Å². The van der Waals surface area contributed by atoms with Crippen LogP contribution in [0.15, 0.2) is 5.16 Å². The summed E-state index contributed by atoms with van der Waals surface area (Å²) in [6.07, 6.45) is 0. The first kappa shape index (κ1) is 14.9. The maximum atomic E-state index is 10.5. The summed E-state index contributed by atoms with van der Waals surface area (Å²) < 4.78 is 1.69. The Morgan fingerprint density at radius 3 is 2.72 bits per heavy atom. The molecule has 1 unspecified atom stereocenters. The Kier molecular flexibility index (Phi) is 6.06. The molecule has 1 aromatic rings. The molecule has 1 rings (SSSR count). The van der Waals surface area contributed by atoms with Crippen LogP contribution in [0.1, 0.15) is 26.8 Å². The third-order valence-corrected chi connectivity index (χ3v) is 3.54. The second-order valence-electron chi connectivity index (χ2n) is 3.92. The Balaban J connectivity index is 2.64. The van der Waals surface area contributed by atoms with Gasteiger partial charge in [-0.1, -0.05) is 25.6 Å². The van der Waals surface area contributed by atoms with Gasteiger partial charge in [0.05, 0.1) is 11.8 Å². The van der Waals surface area contributed by atoms with Crippen molar-refractivity contribution in [2.75, 3.05) is 25.4 Å². The zero-order valence-electron chi connectivity index (χ0n) is 10.9. The Morgan fingerprint density at radius 2 is 2.17 bits per heavy atom. The fraction of sp³-hybridized carbons (Fsp3) is 0.800. The van der Waals surface area contributed by atoms with Crippen molar-refractivity contribution >= 4 is 17.7 Å². The molecule has 8 heteroatoms. The molecule has 102 valence electrons. The molecule has 1 N–H and O–H groups in total. The van der Waals surface area contributed by atoms with Gasteiger partial charge in [-0.05, 0) is 30.4 Å². The van der Waals surface area contributed by atoms with E-state index < -0.39 is 5.97 Å². The molecule has 0 fully saturated rings. The second kappa shape index (κ2) is 7.32. The molecule has 0 spiro atoms. The molecule has 0 aliphatic rings. The molecule has 18 heavy (non-hydrogen) atoms. The molecular formula is C10H19N5O2S. The summed E-state index contributed by atoms with van der Waals surface area (Å²) in [6.45, 7) is 9.03. The first-order valence-electron chi connectivity index (χ1n) is 5.93. The van der Waals surface area contributed by atoms with E-state index in [2.05, 4.69) is 34.3 Å². The van der Waals surface area contributed by atoms with E-state index in [1.807, 2.05) is 6.92 Å². The number of nitrogens with zero attached hydrogens (tertiary/aromatic N) is 5. The van der Waals surface area contributed by atoms with E-state index in [1.54, 1.807) is 4.68 Å². The summed E-state index contributed by atoms with van der Waals surface area (Å²) in [4.78, 5) is 12.8. The molecule has 1 aromatic heterocycles. The largest absolute Gasteiger partial charge is 0.481 e. The number of carboxylic acids is 1. The van der Waals surface area contributed by atoms with Crippen LogP contribution in [0.5, 0.6) is 0 Å². The van der Waals surface area contributed by atoms with Crippen LogP contribution in [0.4, 0.5) is 0 Å². The van der Waals surface area contributed by atoms with Crippen molar-refractivity contribution in [2.45, 2.75) is 32.0 Å². The van der Waals surface area contributed by atoms with Gasteiger partial charge in [0.2, 0.25) is 5.16 Å². The van der Waals surface area contributed by atoms with Crippen LogP contribution < -0.4 is 0 Å². The van der Waals surface area contributed by atoms with Crippen molar-refractivity contribution in [2.24, 2.45) is 0 Å². The van der Waals surface area contributed by atoms with Crippen LogP contribution in [-0.4, -0.2) is 61.6 Å². The van der Waals surface area contributed by atoms with Gasteiger partial charge in [0, 0.05) is 6.54 Å². The van der Waals surface area contributed by atoms with Crippen LogP contribution in [0.25, 0.3) is 0 Å². The zero-order chi connectivity index (χ0) is 13.5. The summed E-state index contributed by atoms with van der Waals surface area (Å²) >= 11 is 1.14. The van der Waals surface area contributed by atoms with E-state index in [9.17, 15) is 4.79 Å². The minimum absolute atomic E-state index is 0.0294. The SMILES string of the molecule is CCN(CC)CC(C)n1nnnc1SCC(=O)O. The predicted octanol–water partition coefficient (Wildman–Crippen LogP) is 0.753. The summed E-state index contributed by atoms with van der Waals surface area (Å²) in [6, 6.07) is 0.121. The van der Waals surface area contributed by atoms with Crippen LogP contribution in [0.2, 0.25) is 0 Å². The molecule has 7 nitrogen and oxygen atoms in total. The van der Waals surface area contributed by atoms with Gasteiger partial charge in [-0.3, -0.25) is 4.79 Å². The quantitative estimate of drug-likeness (QED) is 0.700. The third kappa shape index (κ3) is 4.26. The van der Waals surface area contributed by atoms with Crippen LogP contribution in [-0.2, 0) is 4.79 Å². The van der Waals surface area contributed by atoms with Gasteiger partial charge in [-0.2, -0.15) is 0 Å². The number of carbonyl (C=O) groups is 1. The monoisotopic (exact) mass is 273 g/mol. The standard InChI is InChI=1S/C10H19N5O2S/c1-4-14(5-2)6-8(3)15-10(11-12-13-15)18-7-9(16)17/h8H,4-7H2,1-3H3,(H,16,17). The molecule has 1 atom stereocenters. The summed E-state index contributed by atoms with van der Waals surface area (Å²) in [5, 5.41) is 20.6. The Labute approximate surface area is 111 Å². The minimum Gasteiger partial charge on any atom is -0.481 e. The van der Waals surface area contributed by atoms with E-state index >= 15 is 0 Å². The van der Waals surface area contributed by atoms with Gasteiger partial charge in [0.25, 0.3) is 0 Å². The van der Waals surface area contributed by atoms with E-state index in [1.165, 1.54) is 0 Å². The molecule has 0 radical (unpaired) electrons. The number of thioether (sulfide) groups is 1. The molecule has 0 bridgehead atoms. The third-order valence-electron chi connectivity index (χ3n) is 2.62. The normalized spacial score (nSPS) is 12.9. The summed E-state index contributed by atoms with van der Waals surface area (Å²) in [7, 11) is 0. The number of carboxylic acid groups (broad SMARTS) is 1. The van der Waals surface area contributed by atoms with Crippen molar-refractivity contribution in [3.63, 3.8) is 0 Å². The topological polar surface area (TPSA) is 84.1 Å². The lowest BCUT2D eigenvalue weighted by atomic mass is 10.3. The molecule has 0 saturated heterocycles. The lowest BCUT2D eigenvalue weighted by molar-refractivity contribution is -0.133. The summed E-state index contributed by atoms with van der Waals surface area (Å²) in [5.74, 6) is -0.899. The highest BCUT2D eigenvalue weighted by molar-refractivity contribution is 7.99. The molecule has 0 amide bonds.